The summed E-state index contributed by atoms with van der Waals surface area (Å²) >= 11 is 1.41. The lowest BCUT2D eigenvalue weighted by molar-refractivity contribution is -0.115. The lowest BCUT2D eigenvalue weighted by atomic mass is 10.1. The summed E-state index contributed by atoms with van der Waals surface area (Å²) in [5, 5.41) is 11.3. The number of hydrogen-bond acceptors (Lipinski definition) is 4. The van der Waals surface area contributed by atoms with Gasteiger partial charge in [-0.2, -0.15) is 5.10 Å². The Morgan fingerprint density at radius 2 is 1.96 bits per heavy atom. The molecule has 4 nitrogen and oxygen atoms in total. The van der Waals surface area contributed by atoms with Crippen LogP contribution >= 0.6 is 11.8 Å². The van der Waals surface area contributed by atoms with Crippen molar-refractivity contribution in [2.75, 3.05) is 5.75 Å². The summed E-state index contributed by atoms with van der Waals surface area (Å²) < 4.78 is 13.1. The molecule has 0 fully saturated rings. The molecule has 0 aliphatic carbocycles. The predicted octanol–water partition coefficient (Wildman–Crippen LogP) is 3.46. The SMILES string of the molecule is O=C(/C=C/c1cccc(F)c1)NC1=NN=C(c2ccccc2)CS1. The molecule has 24 heavy (non-hydrogen) atoms. The van der Waals surface area contributed by atoms with Gasteiger partial charge in [0.2, 0.25) is 5.91 Å². The number of benzene rings is 2. The quantitative estimate of drug-likeness (QED) is 0.871. The third-order valence-electron chi connectivity index (χ3n) is 3.22. The fourth-order valence-corrected chi connectivity index (χ4v) is 2.83. The molecule has 2 aromatic carbocycles. The smallest absolute Gasteiger partial charge is 0.249 e. The van der Waals surface area contributed by atoms with Gasteiger partial charge in [-0.3, -0.25) is 4.79 Å². The van der Waals surface area contributed by atoms with Gasteiger partial charge in [-0.05, 0) is 29.3 Å². The zero-order chi connectivity index (χ0) is 16.8. The molecule has 1 aliphatic heterocycles. The topological polar surface area (TPSA) is 53.8 Å². The normalized spacial score (nSPS) is 14.2. The molecular weight excluding hydrogens is 325 g/mol. The van der Waals surface area contributed by atoms with Gasteiger partial charge in [-0.1, -0.05) is 54.2 Å². The number of thioether (sulfide) groups is 1. The average molecular weight is 339 g/mol. The van der Waals surface area contributed by atoms with Crippen molar-refractivity contribution in [2.45, 2.75) is 0 Å². The van der Waals surface area contributed by atoms with Crippen LogP contribution in [0.3, 0.4) is 0 Å². The highest BCUT2D eigenvalue weighted by molar-refractivity contribution is 8.14. The molecule has 1 aliphatic rings. The second-order valence-electron chi connectivity index (χ2n) is 4.98. The molecule has 1 amide bonds. The highest BCUT2D eigenvalue weighted by Crippen LogP contribution is 2.14. The van der Waals surface area contributed by atoms with E-state index in [9.17, 15) is 9.18 Å². The van der Waals surface area contributed by atoms with Crippen molar-refractivity contribution in [2.24, 2.45) is 10.2 Å². The van der Waals surface area contributed by atoms with Gasteiger partial charge in [0.15, 0.2) is 5.17 Å². The standard InChI is InChI=1S/C18H14FN3OS/c19-15-8-4-5-13(11-15)9-10-17(23)20-18-22-21-16(12-24-18)14-6-2-1-3-7-14/h1-11H,12H2,(H,20,22,23)/b10-9+. The van der Waals surface area contributed by atoms with Crippen molar-refractivity contribution in [3.05, 3.63) is 77.6 Å². The molecule has 0 bridgehead atoms. The summed E-state index contributed by atoms with van der Waals surface area (Å²) in [6, 6.07) is 15.8. The van der Waals surface area contributed by atoms with E-state index >= 15 is 0 Å². The number of amidine groups is 1. The lowest BCUT2D eigenvalue weighted by Gasteiger charge is -2.11. The molecule has 2 aromatic rings. The molecule has 6 heteroatoms. The molecule has 0 spiro atoms. The molecule has 3 rings (SSSR count). The number of carbonyl (C=O) groups excluding carboxylic acids is 1. The van der Waals surface area contributed by atoms with E-state index in [0.717, 1.165) is 11.3 Å². The van der Waals surface area contributed by atoms with Gasteiger partial charge < -0.3 is 5.32 Å². The van der Waals surface area contributed by atoms with Gasteiger partial charge in [0.1, 0.15) is 5.82 Å². The third kappa shape index (κ3) is 4.39. The van der Waals surface area contributed by atoms with Crippen LogP contribution in [0.2, 0.25) is 0 Å². The molecule has 0 atom stereocenters. The summed E-state index contributed by atoms with van der Waals surface area (Å²) in [7, 11) is 0. The first-order valence-corrected chi connectivity index (χ1v) is 8.27. The van der Waals surface area contributed by atoms with Crippen LogP contribution in [0, 0.1) is 5.82 Å². The van der Waals surface area contributed by atoms with Crippen LogP contribution in [0.25, 0.3) is 6.08 Å². The van der Waals surface area contributed by atoms with Gasteiger partial charge >= 0.3 is 0 Å². The van der Waals surface area contributed by atoms with Crippen LogP contribution in [-0.2, 0) is 4.79 Å². The first-order chi connectivity index (χ1) is 11.7. The largest absolute Gasteiger partial charge is 0.300 e. The van der Waals surface area contributed by atoms with E-state index < -0.39 is 0 Å². The fourth-order valence-electron chi connectivity index (χ4n) is 2.06. The molecule has 1 heterocycles. The van der Waals surface area contributed by atoms with Crippen molar-refractivity contribution in [3.63, 3.8) is 0 Å². The monoisotopic (exact) mass is 339 g/mol. The Morgan fingerprint density at radius 3 is 2.67 bits per heavy atom. The first-order valence-electron chi connectivity index (χ1n) is 7.28. The molecule has 0 aromatic heterocycles. The summed E-state index contributed by atoms with van der Waals surface area (Å²) in [6.45, 7) is 0. The number of nitrogens with one attached hydrogen (secondary N) is 1. The van der Waals surface area contributed by atoms with Crippen molar-refractivity contribution in [3.8, 4) is 0 Å². The minimum Gasteiger partial charge on any atom is -0.300 e. The Labute approximate surface area is 143 Å². The van der Waals surface area contributed by atoms with Gasteiger partial charge in [-0.25, -0.2) is 4.39 Å². The Hall–Kier alpha value is -2.73. The third-order valence-corrected chi connectivity index (χ3v) is 4.10. The highest BCUT2D eigenvalue weighted by atomic mass is 32.2. The minimum atomic E-state index is -0.340. The highest BCUT2D eigenvalue weighted by Gasteiger charge is 2.13. The number of hydrogen-bond donors (Lipinski definition) is 1. The van der Waals surface area contributed by atoms with Gasteiger partial charge in [-0.15, -0.1) is 5.10 Å². The summed E-state index contributed by atoms with van der Waals surface area (Å²) in [5.74, 6) is -0.0343. The van der Waals surface area contributed by atoms with Crippen LogP contribution in [-0.4, -0.2) is 22.5 Å². The molecular formula is C18H14FN3OS. The molecule has 120 valence electrons. The van der Waals surface area contributed by atoms with Gasteiger partial charge in [0.05, 0.1) is 5.71 Å². The second kappa shape index (κ2) is 7.70. The Morgan fingerprint density at radius 1 is 1.12 bits per heavy atom. The Balaban J connectivity index is 1.61. The molecule has 1 N–H and O–H groups in total. The maximum atomic E-state index is 13.1. The van der Waals surface area contributed by atoms with E-state index in [1.807, 2.05) is 30.3 Å². The predicted molar refractivity (Wildman–Crippen MR) is 96.4 cm³/mol. The first kappa shape index (κ1) is 16.1. The Kier molecular flexibility index (Phi) is 5.18. The number of rotatable bonds is 3. The van der Waals surface area contributed by atoms with E-state index in [1.165, 1.54) is 30.0 Å². The minimum absolute atomic E-state index is 0.330. The Bertz CT molecular complexity index is 831. The molecule has 0 radical (unpaired) electrons. The summed E-state index contributed by atoms with van der Waals surface area (Å²) in [6.07, 6.45) is 2.89. The lowest BCUT2D eigenvalue weighted by Crippen LogP contribution is -2.29. The number of halogens is 1. The fraction of sp³-hybridized carbons (Fsp3) is 0.0556. The van der Waals surface area contributed by atoms with E-state index in [2.05, 4.69) is 15.5 Å². The zero-order valence-electron chi connectivity index (χ0n) is 12.6. The van der Waals surface area contributed by atoms with Crippen molar-refractivity contribution in [1.29, 1.82) is 0 Å². The second-order valence-corrected chi connectivity index (χ2v) is 5.95. The maximum absolute atomic E-state index is 13.1. The van der Waals surface area contributed by atoms with E-state index in [0.29, 0.717) is 16.5 Å². The number of nitrogens with zero attached hydrogens (tertiary/aromatic N) is 2. The number of amides is 1. The summed E-state index contributed by atoms with van der Waals surface area (Å²) in [5.41, 5.74) is 2.51. The maximum Gasteiger partial charge on any atom is 0.249 e. The van der Waals surface area contributed by atoms with Crippen LogP contribution < -0.4 is 5.32 Å². The average Bonchev–Trinajstić information content (AvgIpc) is 2.61. The van der Waals surface area contributed by atoms with Crippen LogP contribution in [0.4, 0.5) is 4.39 Å². The zero-order valence-corrected chi connectivity index (χ0v) is 13.5. The molecule has 0 saturated carbocycles. The van der Waals surface area contributed by atoms with E-state index in [4.69, 9.17) is 0 Å². The van der Waals surface area contributed by atoms with Crippen LogP contribution in [0.1, 0.15) is 11.1 Å². The van der Waals surface area contributed by atoms with E-state index in [1.54, 1.807) is 18.2 Å². The van der Waals surface area contributed by atoms with Crippen LogP contribution in [0.5, 0.6) is 0 Å². The van der Waals surface area contributed by atoms with Crippen molar-refractivity contribution >= 4 is 34.6 Å². The number of carbonyl (C=O) groups is 1. The molecule has 0 unspecified atom stereocenters. The van der Waals surface area contributed by atoms with Crippen molar-refractivity contribution in [1.82, 2.24) is 5.32 Å². The van der Waals surface area contributed by atoms with E-state index in [-0.39, 0.29) is 11.7 Å². The van der Waals surface area contributed by atoms with Crippen LogP contribution in [0.15, 0.2) is 70.9 Å². The van der Waals surface area contributed by atoms with Gasteiger partial charge in [0.25, 0.3) is 0 Å². The summed E-state index contributed by atoms with van der Waals surface area (Å²) in [4.78, 5) is 11.9. The molecule has 0 saturated heterocycles. The van der Waals surface area contributed by atoms with Crippen molar-refractivity contribution < 1.29 is 9.18 Å². The van der Waals surface area contributed by atoms with Gasteiger partial charge in [0, 0.05) is 11.8 Å².